The first-order valence-corrected chi connectivity index (χ1v) is 13.3. The monoisotopic (exact) mass is 469 g/mol. The molecule has 10 heteroatoms. The van der Waals surface area contributed by atoms with Crippen molar-refractivity contribution in [3.05, 3.63) is 23.8 Å². The topological polar surface area (TPSA) is 96.0 Å². The van der Waals surface area contributed by atoms with Gasteiger partial charge in [0.15, 0.2) is 0 Å². The molecule has 2 saturated heterocycles. The lowest BCUT2D eigenvalue weighted by molar-refractivity contribution is -0.148. The second-order valence-electron chi connectivity index (χ2n) is 7.81. The quantitative estimate of drug-likeness (QED) is 0.611. The van der Waals surface area contributed by atoms with E-state index in [0.29, 0.717) is 43.2 Å². The van der Waals surface area contributed by atoms with Crippen LogP contribution in [0.2, 0.25) is 0 Å². The summed E-state index contributed by atoms with van der Waals surface area (Å²) >= 11 is 1.67. The Kier molecular flexibility index (Phi) is 8.37. The van der Waals surface area contributed by atoms with Crippen LogP contribution in [0.3, 0.4) is 0 Å². The molecule has 1 unspecified atom stereocenters. The number of nitrogens with zero attached hydrogens (tertiary/aromatic N) is 2. The number of aryl methyl sites for hydroxylation is 1. The van der Waals surface area contributed by atoms with Gasteiger partial charge >= 0.3 is 5.97 Å². The number of esters is 1. The number of carbonyl (C=O) groups is 2. The molecule has 1 aromatic rings. The molecule has 3 rings (SSSR count). The van der Waals surface area contributed by atoms with Gasteiger partial charge in [-0.3, -0.25) is 14.5 Å². The van der Waals surface area contributed by atoms with Crippen molar-refractivity contribution < 1.29 is 22.7 Å². The number of piperidine rings is 1. The minimum atomic E-state index is -3.60. The van der Waals surface area contributed by atoms with Crippen LogP contribution in [0.5, 0.6) is 0 Å². The number of ether oxygens (including phenoxy) is 1. The third-order valence-electron chi connectivity index (χ3n) is 5.55. The van der Waals surface area contributed by atoms with Crippen molar-refractivity contribution in [1.82, 2.24) is 9.21 Å². The van der Waals surface area contributed by atoms with Gasteiger partial charge in [-0.1, -0.05) is 12.5 Å². The molecule has 2 aliphatic heterocycles. The maximum absolute atomic E-state index is 13.1. The van der Waals surface area contributed by atoms with Crippen LogP contribution in [0.15, 0.2) is 23.1 Å². The Morgan fingerprint density at radius 2 is 1.94 bits per heavy atom. The fourth-order valence-corrected chi connectivity index (χ4v) is 6.74. The number of anilines is 1. The molecule has 1 aromatic carbocycles. The first-order chi connectivity index (χ1) is 14.8. The van der Waals surface area contributed by atoms with Gasteiger partial charge in [-0.25, -0.2) is 8.42 Å². The van der Waals surface area contributed by atoms with Crippen molar-refractivity contribution in [2.75, 3.05) is 49.6 Å². The second-order valence-corrected chi connectivity index (χ2v) is 10.9. The average molecular weight is 470 g/mol. The van der Waals surface area contributed by atoms with Gasteiger partial charge in [-0.05, 0) is 44.4 Å². The van der Waals surface area contributed by atoms with Gasteiger partial charge in [0.25, 0.3) is 0 Å². The molecule has 2 heterocycles. The van der Waals surface area contributed by atoms with Gasteiger partial charge in [-0.15, -0.1) is 0 Å². The number of rotatable bonds is 7. The van der Waals surface area contributed by atoms with E-state index in [1.807, 2.05) is 4.90 Å². The summed E-state index contributed by atoms with van der Waals surface area (Å²) in [6.45, 7) is 5.55. The average Bonchev–Trinajstić information content (AvgIpc) is 2.76. The van der Waals surface area contributed by atoms with Crippen molar-refractivity contribution in [2.45, 2.75) is 44.0 Å². The highest BCUT2D eigenvalue weighted by Gasteiger charge is 2.32. The predicted molar refractivity (Wildman–Crippen MR) is 122 cm³/mol. The Bertz CT molecular complexity index is 900. The van der Waals surface area contributed by atoms with E-state index < -0.39 is 16.1 Å². The molecule has 0 aromatic heterocycles. The summed E-state index contributed by atoms with van der Waals surface area (Å²) in [7, 11) is -3.60. The smallest absolute Gasteiger partial charge is 0.324 e. The van der Waals surface area contributed by atoms with Crippen LogP contribution in [-0.4, -0.2) is 79.8 Å². The number of carbonyl (C=O) groups excluding carboxylic acids is 2. The highest BCUT2D eigenvalue weighted by Crippen LogP contribution is 2.26. The van der Waals surface area contributed by atoms with Crippen molar-refractivity contribution in [1.29, 1.82) is 0 Å². The number of amides is 1. The van der Waals surface area contributed by atoms with Crippen molar-refractivity contribution in [2.24, 2.45) is 0 Å². The first-order valence-electron chi connectivity index (χ1n) is 10.7. The maximum atomic E-state index is 13.1. The fourth-order valence-electron chi connectivity index (χ4n) is 3.87. The predicted octanol–water partition coefficient (Wildman–Crippen LogP) is 2.09. The summed E-state index contributed by atoms with van der Waals surface area (Å²) in [6, 6.07) is 4.51. The molecule has 0 bridgehead atoms. The molecule has 0 saturated carbocycles. The standard InChI is InChI=1S/C21H31N3O5S2/c1-3-29-21(26)18-15-30-12-11-23(18)14-20(25)22-17-8-7-16(2)19(13-17)31(27,28)24-9-5-4-6-10-24/h7-8,13,18H,3-6,9-12,14-15H2,1-2H3,(H,22,25). The normalized spacial score (nSPS) is 20.9. The summed E-state index contributed by atoms with van der Waals surface area (Å²) in [4.78, 5) is 26.9. The fraction of sp³-hybridized carbons (Fsp3) is 0.619. The Balaban J connectivity index is 1.70. The number of hydrogen-bond donors (Lipinski definition) is 1. The second kappa shape index (κ2) is 10.8. The van der Waals surface area contributed by atoms with Crippen molar-refractivity contribution >= 4 is 39.3 Å². The Hall–Kier alpha value is -1.62. The van der Waals surface area contributed by atoms with Crippen LogP contribution in [0, 0.1) is 6.92 Å². The molecule has 1 N–H and O–H groups in total. The third kappa shape index (κ3) is 6.00. The van der Waals surface area contributed by atoms with Crippen LogP contribution in [0.25, 0.3) is 0 Å². The number of benzene rings is 1. The summed E-state index contributed by atoms with van der Waals surface area (Å²) in [5, 5.41) is 2.80. The molecule has 0 spiro atoms. The van der Waals surface area contributed by atoms with E-state index in [4.69, 9.17) is 4.74 Å². The van der Waals surface area contributed by atoms with Crippen LogP contribution < -0.4 is 5.32 Å². The summed E-state index contributed by atoms with van der Waals surface area (Å²) in [6.07, 6.45) is 2.78. The highest BCUT2D eigenvalue weighted by molar-refractivity contribution is 7.99. The van der Waals surface area contributed by atoms with Crippen molar-refractivity contribution in [3.8, 4) is 0 Å². The minimum Gasteiger partial charge on any atom is -0.465 e. The van der Waals surface area contributed by atoms with E-state index in [2.05, 4.69) is 5.32 Å². The van der Waals surface area contributed by atoms with Crippen molar-refractivity contribution in [3.63, 3.8) is 0 Å². The van der Waals surface area contributed by atoms with E-state index in [0.717, 1.165) is 25.0 Å². The number of hydrogen-bond acceptors (Lipinski definition) is 7. The van der Waals surface area contributed by atoms with Crippen LogP contribution >= 0.6 is 11.8 Å². The highest BCUT2D eigenvalue weighted by atomic mass is 32.2. The molecule has 31 heavy (non-hydrogen) atoms. The number of nitrogens with one attached hydrogen (secondary N) is 1. The van der Waals surface area contributed by atoms with Crippen LogP contribution in [0.4, 0.5) is 5.69 Å². The lowest BCUT2D eigenvalue weighted by Gasteiger charge is -2.32. The summed E-state index contributed by atoms with van der Waals surface area (Å²) < 4.78 is 32.9. The maximum Gasteiger partial charge on any atom is 0.324 e. The van der Waals surface area contributed by atoms with E-state index in [9.17, 15) is 18.0 Å². The van der Waals surface area contributed by atoms with Gasteiger partial charge in [0, 0.05) is 36.8 Å². The van der Waals surface area contributed by atoms with Gasteiger partial charge < -0.3 is 10.1 Å². The van der Waals surface area contributed by atoms with Crippen LogP contribution in [-0.2, 0) is 24.3 Å². The Morgan fingerprint density at radius 1 is 1.19 bits per heavy atom. The first kappa shape index (κ1) is 24.0. The lowest BCUT2D eigenvalue weighted by Crippen LogP contribution is -2.50. The SMILES string of the molecule is CCOC(=O)C1CSCCN1CC(=O)Nc1ccc(C)c(S(=O)(=O)N2CCCCC2)c1. The largest absolute Gasteiger partial charge is 0.465 e. The molecule has 1 amide bonds. The molecule has 1 atom stereocenters. The van der Waals surface area contributed by atoms with Gasteiger partial charge in [0.05, 0.1) is 18.0 Å². The van der Waals surface area contributed by atoms with E-state index in [-0.39, 0.29) is 23.3 Å². The zero-order valence-corrected chi connectivity index (χ0v) is 19.8. The molecule has 2 fully saturated rings. The zero-order chi connectivity index (χ0) is 22.4. The van der Waals surface area contributed by atoms with Crippen LogP contribution in [0.1, 0.15) is 31.7 Å². The lowest BCUT2D eigenvalue weighted by atomic mass is 10.2. The van der Waals surface area contributed by atoms with Gasteiger partial charge in [0.2, 0.25) is 15.9 Å². The van der Waals surface area contributed by atoms with E-state index >= 15 is 0 Å². The summed E-state index contributed by atoms with van der Waals surface area (Å²) in [5.41, 5.74) is 1.09. The molecular formula is C21H31N3O5S2. The summed E-state index contributed by atoms with van der Waals surface area (Å²) in [5.74, 6) is 0.833. The molecule has 8 nitrogen and oxygen atoms in total. The zero-order valence-electron chi connectivity index (χ0n) is 18.1. The van der Waals surface area contributed by atoms with E-state index in [1.54, 1.807) is 37.7 Å². The molecule has 0 radical (unpaired) electrons. The number of thioether (sulfide) groups is 1. The van der Waals surface area contributed by atoms with Gasteiger partial charge in [-0.2, -0.15) is 16.1 Å². The molecular weight excluding hydrogens is 438 g/mol. The molecule has 172 valence electrons. The third-order valence-corrected chi connectivity index (χ3v) is 8.61. The molecule has 2 aliphatic rings. The molecule has 0 aliphatic carbocycles. The van der Waals surface area contributed by atoms with E-state index in [1.165, 1.54) is 10.4 Å². The Labute approximate surface area is 188 Å². The van der Waals surface area contributed by atoms with Gasteiger partial charge in [0.1, 0.15) is 6.04 Å². The number of sulfonamides is 1. The Morgan fingerprint density at radius 3 is 2.65 bits per heavy atom. The minimum absolute atomic E-state index is 0.0477.